The first-order valence-electron chi connectivity index (χ1n) is 6.61. The van der Waals surface area contributed by atoms with Gasteiger partial charge in [-0.05, 0) is 17.7 Å². The molecule has 0 radical (unpaired) electrons. The molecule has 1 saturated heterocycles. The molecule has 2 rings (SSSR count). The number of benzene rings is 1. The molecule has 0 aliphatic carbocycles. The molecule has 0 saturated carbocycles. The summed E-state index contributed by atoms with van der Waals surface area (Å²) in [7, 11) is 1.60. The van der Waals surface area contributed by atoms with E-state index in [0.717, 1.165) is 11.3 Å². The highest BCUT2D eigenvalue weighted by atomic mass is 19.4. The number of nitrogens with zero attached hydrogens (tertiary/aromatic N) is 1. The van der Waals surface area contributed by atoms with Crippen LogP contribution in [0.2, 0.25) is 0 Å². The third kappa shape index (κ3) is 3.86. The second-order valence-corrected chi connectivity index (χ2v) is 4.99. The standard InChI is InChI=1S/C14H19F3N2O/c1-20-10-11-3-2-4-13(7-11)19-6-5-18-8-12(9-19)14(15,16)17/h2-4,7,12,18H,5-6,8-10H2,1H3. The summed E-state index contributed by atoms with van der Waals surface area (Å²) < 4.78 is 43.8. The summed E-state index contributed by atoms with van der Waals surface area (Å²) in [5.74, 6) is -1.34. The minimum atomic E-state index is -4.17. The van der Waals surface area contributed by atoms with Gasteiger partial charge in [-0.2, -0.15) is 13.2 Å². The Hall–Kier alpha value is -1.27. The Kier molecular flexibility index (Phi) is 4.88. The van der Waals surface area contributed by atoms with Crippen LogP contribution in [0.15, 0.2) is 24.3 Å². The fourth-order valence-corrected chi connectivity index (χ4v) is 2.38. The van der Waals surface area contributed by atoms with Crippen LogP contribution in [-0.2, 0) is 11.3 Å². The smallest absolute Gasteiger partial charge is 0.380 e. The zero-order valence-electron chi connectivity index (χ0n) is 11.4. The van der Waals surface area contributed by atoms with E-state index in [9.17, 15) is 13.2 Å². The van der Waals surface area contributed by atoms with Crippen molar-refractivity contribution in [3.63, 3.8) is 0 Å². The average molecular weight is 288 g/mol. The molecular weight excluding hydrogens is 269 g/mol. The summed E-state index contributed by atoms with van der Waals surface area (Å²) >= 11 is 0. The van der Waals surface area contributed by atoms with E-state index < -0.39 is 12.1 Å². The van der Waals surface area contributed by atoms with E-state index in [1.54, 1.807) is 12.0 Å². The van der Waals surface area contributed by atoms with Crippen molar-refractivity contribution in [3.8, 4) is 0 Å². The van der Waals surface area contributed by atoms with Gasteiger partial charge in [0.2, 0.25) is 0 Å². The molecular formula is C14H19F3N2O. The zero-order valence-corrected chi connectivity index (χ0v) is 11.4. The Bertz CT molecular complexity index is 437. The van der Waals surface area contributed by atoms with Crippen LogP contribution in [0.4, 0.5) is 18.9 Å². The fraction of sp³-hybridized carbons (Fsp3) is 0.571. The topological polar surface area (TPSA) is 24.5 Å². The number of nitrogens with one attached hydrogen (secondary N) is 1. The van der Waals surface area contributed by atoms with Crippen LogP contribution in [0.1, 0.15) is 5.56 Å². The number of hydrogen-bond donors (Lipinski definition) is 1. The molecule has 1 unspecified atom stereocenters. The lowest BCUT2D eigenvalue weighted by Crippen LogP contribution is -2.38. The van der Waals surface area contributed by atoms with Gasteiger partial charge in [-0.3, -0.25) is 0 Å². The minimum absolute atomic E-state index is 0.00701. The van der Waals surface area contributed by atoms with Crippen molar-refractivity contribution in [2.75, 3.05) is 38.2 Å². The fourth-order valence-electron chi connectivity index (χ4n) is 2.38. The van der Waals surface area contributed by atoms with Crippen molar-refractivity contribution < 1.29 is 17.9 Å². The van der Waals surface area contributed by atoms with Crippen molar-refractivity contribution in [3.05, 3.63) is 29.8 Å². The summed E-state index contributed by atoms with van der Waals surface area (Å²) in [6.45, 7) is 1.57. The van der Waals surface area contributed by atoms with Crippen molar-refractivity contribution in [1.29, 1.82) is 0 Å². The van der Waals surface area contributed by atoms with Crippen LogP contribution in [0.25, 0.3) is 0 Å². The summed E-state index contributed by atoms with van der Waals surface area (Å²) in [4.78, 5) is 1.79. The molecule has 1 heterocycles. The largest absolute Gasteiger partial charge is 0.394 e. The number of alkyl halides is 3. The molecule has 112 valence electrons. The Labute approximate surface area is 116 Å². The number of rotatable bonds is 3. The highest BCUT2D eigenvalue weighted by Gasteiger charge is 2.41. The van der Waals surface area contributed by atoms with Gasteiger partial charge in [0, 0.05) is 39.0 Å². The number of methoxy groups -OCH3 is 1. The van der Waals surface area contributed by atoms with E-state index in [1.165, 1.54) is 0 Å². The van der Waals surface area contributed by atoms with E-state index in [-0.39, 0.29) is 13.1 Å². The summed E-state index contributed by atoms with van der Waals surface area (Å²) in [5.41, 5.74) is 1.78. The van der Waals surface area contributed by atoms with E-state index in [2.05, 4.69) is 5.32 Å². The van der Waals surface area contributed by atoms with Gasteiger partial charge in [0.25, 0.3) is 0 Å². The van der Waals surface area contributed by atoms with Gasteiger partial charge in [0.05, 0.1) is 12.5 Å². The monoisotopic (exact) mass is 288 g/mol. The zero-order chi connectivity index (χ0) is 14.6. The molecule has 3 nitrogen and oxygen atoms in total. The summed E-state index contributed by atoms with van der Waals surface area (Å²) in [6, 6.07) is 7.50. The number of hydrogen-bond acceptors (Lipinski definition) is 3. The lowest BCUT2D eigenvalue weighted by molar-refractivity contribution is -0.169. The molecule has 1 fully saturated rings. The van der Waals surface area contributed by atoms with Crippen LogP contribution < -0.4 is 10.2 Å². The molecule has 1 aromatic carbocycles. The first kappa shape index (κ1) is 15.1. The highest BCUT2D eigenvalue weighted by molar-refractivity contribution is 5.49. The average Bonchev–Trinajstić information content (AvgIpc) is 2.65. The van der Waals surface area contributed by atoms with Crippen molar-refractivity contribution >= 4 is 5.69 Å². The Morgan fingerprint density at radius 2 is 2.20 bits per heavy atom. The van der Waals surface area contributed by atoms with Crippen LogP contribution in [0, 0.1) is 5.92 Å². The minimum Gasteiger partial charge on any atom is -0.380 e. The summed E-state index contributed by atoms with van der Waals surface area (Å²) in [6.07, 6.45) is -4.17. The molecule has 1 N–H and O–H groups in total. The summed E-state index contributed by atoms with van der Waals surface area (Å²) in [5, 5.41) is 2.86. The predicted molar refractivity (Wildman–Crippen MR) is 71.8 cm³/mol. The van der Waals surface area contributed by atoms with Gasteiger partial charge in [0.15, 0.2) is 0 Å². The van der Waals surface area contributed by atoms with E-state index in [1.807, 2.05) is 24.3 Å². The SMILES string of the molecule is COCc1cccc(N2CCNCC(C(F)(F)F)C2)c1. The second-order valence-electron chi connectivity index (χ2n) is 4.99. The van der Waals surface area contributed by atoms with Crippen molar-refractivity contribution in [1.82, 2.24) is 5.32 Å². The molecule has 0 spiro atoms. The molecule has 1 aromatic rings. The van der Waals surface area contributed by atoms with Crippen LogP contribution >= 0.6 is 0 Å². The van der Waals surface area contributed by atoms with E-state index in [0.29, 0.717) is 19.7 Å². The van der Waals surface area contributed by atoms with Crippen molar-refractivity contribution in [2.24, 2.45) is 5.92 Å². The quantitative estimate of drug-likeness (QED) is 0.924. The molecule has 1 atom stereocenters. The highest BCUT2D eigenvalue weighted by Crippen LogP contribution is 2.29. The third-order valence-corrected chi connectivity index (χ3v) is 3.44. The van der Waals surface area contributed by atoms with Crippen LogP contribution in [-0.4, -0.2) is 39.5 Å². The molecule has 1 aliphatic rings. The second kappa shape index (κ2) is 6.45. The molecule has 0 bridgehead atoms. The van der Waals surface area contributed by atoms with Crippen LogP contribution in [0.5, 0.6) is 0 Å². The van der Waals surface area contributed by atoms with E-state index in [4.69, 9.17) is 4.74 Å². The van der Waals surface area contributed by atoms with Crippen molar-refractivity contribution in [2.45, 2.75) is 12.8 Å². The Balaban J connectivity index is 2.15. The lowest BCUT2D eigenvalue weighted by atomic mass is 10.1. The molecule has 1 aliphatic heterocycles. The van der Waals surface area contributed by atoms with Gasteiger partial charge < -0.3 is 15.0 Å². The number of halogens is 3. The third-order valence-electron chi connectivity index (χ3n) is 3.44. The van der Waals surface area contributed by atoms with Gasteiger partial charge in [-0.1, -0.05) is 12.1 Å². The maximum atomic E-state index is 12.9. The molecule has 20 heavy (non-hydrogen) atoms. The molecule has 0 aromatic heterocycles. The van der Waals surface area contributed by atoms with Gasteiger partial charge >= 0.3 is 6.18 Å². The number of anilines is 1. The maximum absolute atomic E-state index is 12.9. The van der Waals surface area contributed by atoms with Gasteiger partial charge in [-0.15, -0.1) is 0 Å². The Morgan fingerprint density at radius 3 is 2.90 bits per heavy atom. The normalized spacial score (nSPS) is 20.8. The first-order chi connectivity index (χ1) is 9.50. The first-order valence-corrected chi connectivity index (χ1v) is 6.61. The van der Waals surface area contributed by atoms with Gasteiger partial charge in [0.1, 0.15) is 0 Å². The molecule has 0 amide bonds. The Morgan fingerprint density at radius 1 is 1.40 bits per heavy atom. The predicted octanol–water partition coefficient (Wildman–Crippen LogP) is 2.42. The van der Waals surface area contributed by atoms with Gasteiger partial charge in [-0.25, -0.2) is 0 Å². The molecule has 6 heteroatoms. The lowest BCUT2D eigenvalue weighted by Gasteiger charge is -2.27. The van der Waals surface area contributed by atoms with E-state index >= 15 is 0 Å². The number of ether oxygens (including phenoxy) is 1. The van der Waals surface area contributed by atoms with Crippen LogP contribution in [0.3, 0.4) is 0 Å². The maximum Gasteiger partial charge on any atom is 0.394 e.